The summed E-state index contributed by atoms with van der Waals surface area (Å²) < 4.78 is 1.79. The minimum absolute atomic E-state index is 0.0305. The number of benzene rings is 2. The Labute approximate surface area is 190 Å². The molecular formula is C24H20N4O3S. The Bertz CT molecular complexity index is 1280. The van der Waals surface area contributed by atoms with E-state index in [4.69, 9.17) is 12.2 Å². The third-order valence-electron chi connectivity index (χ3n) is 4.99. The number of nitrogens with one attached hydrogen (secondary N) is 2. The van der Waals surface area contributed by atoms with Crippen LogP contribution in [0.2, 0.25) is 0 Å². The summed E-state index contributed by atoms with van der Waals surface area (Å²) in [5.41, 5.74) is 2.14. The van der Waals surface area contributed by atoms with E-state index in [0.717, 1.165) is 10.9 Å². The van der Waals surface area contributed by atoms with Crippen molar-refractivity contribution < 1.29 is 14.4 Å². The first-order valence-corrected chi connectivity index (χ1v) is 10.3. The van der Waals surface area contributed by atoms with Crippen LogP contribution in [0, 0.1) is 0 Å². The predicted octanol–water partition coefficient (Wildman–Crippen LogP) is 3.09. The van der Waals surface area contributed by atoms with Crippen molar-refractivity contribution in [3.63, 3.8) is 0 Å². The zero-order chi connectivity index (χ0) is 22.7. The fourth-order valence-electron chi connectivity index (χ4n) is 3.54. The summed E-state index contributed by atoms with van der Waals surface area (Å²) in [6.07, 6.45) is 4.83. The number of anilines is 1. The van der Waals surface area contributed by atoms with Gasteiger partial charge in [-0.3, -0.25) is 24.6 Å². The average Bonchev–Trinajstić information content (AvgIpc) is 3.12. The van der Waals surface area contributed by atoms with E-state index in [1.807, 2.05) is 54.6 Å². The quantitative estimate of drug-likeness (QED) is 0.265. The maximum absolute atomic E-state index is 12.9. The van der Waals surface area contributed by atoms with Gasteiger partial charge in [-0.15, -0.1) is 6.58 Å². The first-order valence-electron chi connectivity index (χ1n) is 9.90. The predicted molar refractivity (Wildman–Crippen MR) is 128 cm³/mol. The van der Waals surface area contributed by atoms with Crippen LogP contribution in [0.1, 0.15) is 5.56 Å². The minimum Gasteiger partial charge on any atom is -0.337 e. The molecular weight excluding hydrogens is 424 g/mol. The number of hydrogen-bond acceptors (Lipinski definition) is 4. The molecule has 8 heteroatoms. The molecule has 1 aromatic heterocycles. The average molecular weight is 445 g/mol. The Balaban J connectivity index is 1.67. The molecule has 0 spiro atoms. The Morgan fingerprint density at radius 3 is 2.56 bits per heavy atom. The molecule has 1 aliphatic heterocycles. The molecule has 2 heterocycles. The molecule has 0 unspecified atom stereocenters. The van der Waals surface area contributed by atoms with Crippen molar-refractivity contribution in [2.45, 2.75) is 6.54 Å². The number of aromatic nitrogens is 1. The largest absolute Gasteiger partial charge is 0.337 e. The standard InChI is InChI=1S/C24H20N4O3S/c1-2-12-28-23(31)19(22(30)26-24(28)32)13-16-14-27(20-11-7-6-10-18(16)20)15-21(29)25-17-8-4-3-5-9-17/h2-11,13-14H,1,12,15H2,(H,25,29)(H,26,30,32)/b19-13+. The Morgan fingerprint density at radius 1 is 1.09 bits per heavy atom. The highest BCUT2D eigenvalue weighted by Gasteiger charge is 2.32. The smallest absolute Gasteiger partial charge is 0.265 e. The van der Waals surface area contributed by atoms with Gasteiger partial charge >= 0.3 is 0 Å². The number of para-hydroxylation sites is 2. The van der Waals surface area contributed by atoms with Crippen LogP contribution in [-0.2, 0) is 20.9 Å². The second-order valence-electron chi connectivity index (χ2n) is 7.17. The molecule has 2 aromatic carbocycles. The molecule has 1 saturated heterocycles. The maximum Gasteiger partial charge on any atom is 0.265 e. The first-order chi connectivity index (χ1) is 15.5. The number of amides is 3. The number of carbonyl (C=O) groups is 3. The molecule has 4 rings (SSSR count). The summed E-state index contributed by atoms with van der Waals surface area (Å²) >= 11 is 5.10. The molecule has 32 heavy (non-hydrogen) atoms. The third kappa shape index (κ3) is 4.21. The number of fused-ring (bicyclic) bond motifs is 1. The molecule has 1 fully saturated rings. The van der Waals surface area contributed by atoms with Gasteiger partial charge in [0.05, 0.1) is 0 Å². The van der Waals surface area contributed by atoms with E-state index in [1.54, 1.807) is 10.8 Å². The van der Waals surface area contributed by atoms with Crippen LogP contribution in [0.15, 0.2) is 79.0 Å². The van der Waals surface area contributed by atoms with Crippen LogP contribution in [0.5, 0.6) is 0 Å². The lowest BCUT2D eigenvalue weighted by Gasteiger charge is -2.27. The van der Waals surface area contributed by atoms with Crippen molar-refractivity contribution >= 4 is 57.7 Å². The molecule has 2 N–H and O–H groups in total. The van der Waals surface area contributed by atoms with Crippen LogP contribution >= 0.6 is 12.2 Å². The molecule has 0 bridgehead atoms. The van der Waals surface area contributed by atoms with Crippen molar-refractivity contribution in [2.24, 2.45) is 0 Å². The molecule has 0 saturated carbocycles. The maximum atomic E-state index is 12.9. The zero-order valence-corrected chi connectivity index (χ0v) is 17.9. The Kier molecular flexibility index (Phi) is 5.96. The van der Waals surface area contributed by atoms with Gasteiger partial charge < -0.3 is 9.88 Å². The summed E-state index contributed by atoms with van der Waals surface area (Å²) in [5, 5.41) is 6.27. The summed E-state index contributed by atoms with van der Waals surface area (Å²) in [7, 11) is 0. The lowest BCUT2D eigenvalue weighted by atomic mass is 10.1. The van der Waals surface area contributed by atoms with Gasteiger partial charge in [-0.25, -0.2) is 0 Å². The number of rotatable bonds is 6. The van der Waals surface area contributed by atoms with Gasteiger partial charge in [0.1, 0.15) is 12.1 Å². The number of thiocarbonyl (C=S) groups is 1. The number of carbonyl (C=O) groups excluding carboxylic acids is 3. The highest BCUT2D eigenvalue weighted by atomic mass is 32.1. The molecule has 7 nitrogen and oxygen atoms in total. The monoisotopic (exact) mass is 444 g/mol. The molecule has 1 aliphatic rings. The van der Waals surface area contributed by atoms with Gasteiger partial charge in [-0.1, -0.05) is 42.5 Å². The van der Waals surface area contributed by atoms with Crippen LogP contribution in [-0.4, -0.2) is 38.8 Å². The van der Waals surface area contributed by atoms with Crippen molar-refractivity contribution in [1.29, 1.82) is 0 Å². The van der Waals surface area contributed by atoms with Crippen molar-refractivity contribution in [2.75, 3.05) is 11.9 Å². The van der Waals surface area contributed by atoms with Crippen molar-refractivity contribution in [3.05, 3.63) is 84.6 Å². The highest BCUT2D eigenvalue weighted by Crippen LogP contribution is 2.25. The lowest BCUT2D eigenvalue weighted by molar-refractivity contribution is -0.128. The van der Waals surface area contributed by atoms with E-state index in [2.05, 4.69) is 17.2 Å². The van der Waals surface area contributed by atoms with E-state index >= 15 is 0 Å². The van der Waals surface area contributed by atoms with E-state index in [9.17, 15) is 14.4 Å². The van der Waals surface area contributed by atoms with E-state index < -0.39 is 11.8 Å². The molecule has 0 radical (unpaired) electrons. The Hall–Kier alpha value is -4.04. The van der Waals surface area contributed by atoms with Crippen LogP contribution in [0.25, 0.3) is 17.0 Å². The number of nitrogens with zero attached hydrogens (tertiary/aromatic N) is 2. The topological polar surface area (TPSA) is 83.4 Å². The second-order valence-corrected chi connectivity index (χ2v) is 7.55. The Morgan fingerprint density at radius 2 is 1.81 bits per heavy atom. The summed E-state index contributed by atoms with van der Waals surface area (Å²) in [5.74, 6) is -1.23. The third-order valence-corrected chi connectivity index (χ3v) is 5.31. The summed E-state index contributed by atoms with van der Waals surface area (Å²) in [4.78, 5) is 39.2. The number of hydrogen-bond donors (Lipinski definition) is 2. The minimum atomic E-state index is -0.557. The van der Waals surface area contributed by atoms with Crippen LogP contribution in [0.4, 0.5) is 5.69 Å². The van der Waals surface area contributed by atoms with E-state index in [1.165, 1.54) is 17.1 Å². The van der Waals surface area contributed by atoms with Gasteiger partial charge in [0.2, 0.25) is 5.91 Å². The van der Waals surface area contributed by atoms with Crippen LogP contribution < -0.4 is 10.6 Å². The normalized spacial score (nSPS) is 15.2. The zero-order valence-electron chi connectivity index (χ0n) is 17.1. The fraction of sp³-hybridized carbons (Fsp3) is 0.0833. The highest BCUT2D eigenvalue weighted by molar-refractivity contribution is 7.80. The lowest BCUT2D eigenvalue weighted by Crippen LogP contribution is -2.53. The van der Waals surface area contributed by atoms with Gasteiger partial charge in [0, 0.05) is 34.9 Å². The van der Waals surface area contributed by atoms with Crippen molar-refractivity contribution in [3.8, 4) is 0 Å². The summed E-state index contributed by atoms with van der Waals surface area (Å²) in [6.45, 7) is 3.89. The second kappa shape index (κ2) is 8.99. The molecule has 160 valence electrons. The SMILES string of the molecule is C=CCN1C(=O)/C(=C/c2cn(CC(=O)Nc3ccccc3)c3ccccc23)C(=O)NC1=S. The molecule has 3 aromatic rings. The first kappa shape index (κ1) is 21.2. The van der Waals surface area contributed by atoms with Gasteiger partial charge in [-0.2, -0.15) is 0 Å². The molecule has 3 amide bonds. The molecule has 0 aliphatic carbocycles. The van der Waals surface area contributed by atoms with Gasteiger partial charge in [0.15, 0.2) is 5.11 Å². The van der Waals surface area contributed by atoms with Gasteiger partial charge in [-0.05, 0) is 36.5 Å². The van der Waals surface area contributed by atoms with E-state index in [-0.39, 0.29) is 29.7 Å². The van der Waals surface area contributed by atoms with Gasteiger partial charge in [0.25, 0.3) is 11.8 Å². The van der Waals surface area contributed by atoms with Crippen molar-refractivity contribution in [1.82, 2.24) is 14.8 Å². The summed E-state index contributed by atoms with van der Waals surface area (Å²) in [6, 6.07) is 16.7. The molecule has 0 atom stereocenters. The van der Waals surface area contributed by atoms with E-state index in [0.29, 0.717) is 11.3 Å². The fourth-order valence-corrected chi connectivity index (χ4v) is 3.79. The van der Waals surface area contributed by atoms with Crippen LogP contribution in [0.3, 0.4) is 0 Å².